The van der Waals surface area contributed by atoms with Crippen molar-refractivity contribution >= 4 is 0 Å². The first-order valence-electron chi connectivity index (χ1n) is 10.3. The van der Waals surface area contributed by atoms with Gasteiger partial charge >= 0.3 is 0 Å². The van der Waals surface area contributed by atoms with Crippen LogP contribution in [0.15, 0.2) is 0 Å². The second-order valence-corrected chi connectivity index (χ2v) is 8.80. The smallest absolute Gasteiger partial charge is 0.158 e. The lowest BCUT2D eigenvalue weighted by Crippen LogP contribution is -2.17. The fraction of sp³-hybridized carbons (Fsp3) is 1.00. The summed E-state index contributed by atoms with van der Waals surface area (Å²) in [6, 6.07) is 0. The van der Waals surface area contributed by atoms with Gasteiger partial charge < -0.3 is 14.2 Å². The molecule has 0 aromatic heterocycles. The van der Waals surface area contributed by atoms with Gasteiger partial charge in [-0.05, 0) is 63.2 Å². The zero-order valence-electron chi connectivity index (χ0n) is 17.1. The quantitative estimate of drug-likeness (QED) is 0.544. The van der Waals surface area contributed by atoms with Gasteiger partial charge in [-0.1, -0.05) is 41.5 Å². The zero-order chi connectivity index (χ0) is 17.9. The van der Waals surface area contributed by atoms with E-state index < -0.39 is 0 Å². The molecule has 4 fully saturated rings. The highest BCUT2D eigenvalue weighted by atomic mass is 16.7. The highest BCUT2D eigenvalue weighted by molar-refractivity contribution is 4.78. The lowest BCUT2D eigenvalue weighted by atomic mass is 10.1. The molecule has 0 aliphatic carbocycles. The van der Waals surface area contributed by atoms with Crippen LogP contribution < -0.4 is 0 Å². The Hall–Kier alpha value is -0.120. The highest BCUT2D eigenvalue weighted by Crippen LogP contribution is 2.31. The molecule has 0 amide bonds. The van der Waals surface area contributed by atoms with E-state index in [1.165, 1.54) is 44.9 Å². The maximum Gasteiger partial charge on any atom is 0.158 e. The maximum absolute atomic E-state index is 5.60. The van der Waals surface area contributed by atoms with Crippen molar-refractivity contribution in [1.29, 1.82) is 0 Å². The fourth-order valence-electron chi connectivity index (χ4n) is 3.10. The summed E-state index contributed by atoms with van der Waals surface area (Å²) in [7, 11) is 0. The number of hydrogen-bond donors (Lipinski definition) is 0. The maximum atomic E-state index is 5.60. The first-order valence-corrected chi connectivity index (χ1v) is 10.3. The van der Waals surface area contributed by atoms with Crippen molar-refractivity contribution in [3.05, 3.63) is 0 Å². The van der Waals surface area contributed by atoms with Gasteiger partial charge in [0.2, 0.25) is 0 Å². The number of fused-ring (bicyclic) bond motifs is 4. The molecule has 4 bridgehead atoms. The molecule has 24 heavy (non-hydrogen) atoms. The van der Waals surface area contributed by atoms with E-state index in [0.717, 1.165) is 24.9 Å². The van der Waals surface area contributed by atoms with Gasteiger partial charge in [-0.2, -0.15) is 0 Å². The second kappa shape index (κ2) is 12.3. The standard InChI is InChI=1S/C7H12O.C6H10O2.2C4H10/c1-2-6-4-5-7(3-1)8-6;1-2-5-4-7-6(3-1)8-5;2*1-4(2)3/h6-7H,1-5H2;5-6H,1-4H2;2*4H,1-3H3. The van der Waals surface area contributed by atoms with Crippen molar-refractivity contribution in [3.8, 4) is 0 Å². The van der Waals surface area contributed by atoms with Crippen LogP contribution in [0.3, 0.4) is 0 Å². The summed E-state index contributed by atoms with van der Waals surface area (Å²) in [6.45, 7) is 13.8. The van der Waals surface area contributed by atoms with Crippen molar-refractivity contribution in [2.45, 2.75) is 118 Å². The van der Waals surface area contributed by atoms with E-state index in [2.05, 4.69) is 41.5 Å². The minimum atomic E-state index is 0.161. The van der Waals surface area contributed by atoms with Gasteiger partial charge in [-0.3, -0.25) is 0 Å². The number of hydrogen-bond acceptors (Lipinski definition) is 3. The van der Waals surface area contributed by atoms with Gasteiger partial charge in [0, 0.05) is 0 Å². The molecule has 0 saturated carbocycles. The average molecular weight is 343 g/mol. The Balaban J connectivity index is 0.000000171. The Morgan fingerprint density at radius 1 is 0.583 bits per heavy atom. The minimum Gasteiger partial charge on any atom is -0.375 e. The third-order valence-corrected chi connectivity index (χ3v) is 4.03. The van der Waals surface area contributed by atoms with Crippen molar-refractivity contribution in [2.24, 2.45) is 11.8 Å². The van der Waals surface area contributed by atoms with E-state index in [4.69, 9.17) is 14.2 Å². The molecular weight excluding hydrogens is 300 g/mol. The van der Waals surface area contributed by atoms with Crippen LogP contribution in [0.2, 0.25) is 0 Å². The van der Waals surface area contributed by atoms with Gasteiger partial charge in [0.25, 0.3) is 0 Å². The fourth-order valence-corrected chi connectivity index (χ4v) is 3.10. The Kier molecular flexibility index (Phi) is 11.2. The Labute approximate surface area is 150 Å². The summed E-state index contributed by atoms with van der Waals surface area (Å²) in [5.41, 5.74) is 0. The van der Waals surface area contributed by atoms with Crippen LogP contribution >= 0.6 is 0 Å². The highest BCUT2D eigenvalue weighted by Gasteiger charge is 2.29. The summed E-state index contributed by atoms with van der Waals surface area (Å²) in [4.78, 5) is 0. The lowest BCUT2D eigenvalue weighted by molar-refractivity contribution is -0.0815. The Morgan fingerprint density at radius 2 is 1.04 bits per heavy atom. The van der Waals surface area contributed by atoms with Crippen molar-refractivity contribution in [1.82, 2.24) is 0 Å². The van der Waals surface area contributed by atoms with Crippen LogP contribution in [0.1, 0.15) is 92.9 Å². The van der Waals surface area contributed by atoms with Crippen LogP contribution in [-0.4, -0.2) is 31.2 Å². The number of ether oxygens (including phenoxy) is 3. The van der Waals surface area contributed by atoms with Crippen LogP contribution in [0.4, 0.5) is 0 Å². The van der Waals surface area contributed by atoms with Crippen molar-refractivity contribution < 1.29 is 14.2 Å². The molecule has 0 spiro atoms. The first kappa shape index (κ1) is 21.9. The van der Waals surface area contributed by atoms with Crippen LogP contribution in [-0.2, 0) is 14.2 Å². The summed E-state index contributed by atoms with van der Waals surface area (Å²) < 4.78 is 16.2. The summed E-state index contributed by atoms with van der Waals surface area (Å²) in [5, 5.41) is 0. The molecule has 0 N–H and O–H groups in total. The van der Waals surface area contributed by atoms with E-state index >= 15 is 0 Å². The first-order chi connectivity index (χ1) is 11.4. The molecule has 4 atom stereocenters. The molecule has 0 aromatic carbocycles. The molecule has 0 radical (unpaired) electrons. The Morgan fingerprint density at radius 3 is 1.46 bits per heavy atom. The average Bonchev–Trinajstić information content (AvgIpc) is 3.00. The van der Waals surface area contributed by atoms with E-state index in [1.807, 2.05) is 0 Å². The van der Waals surface area contributed by atoms with Gasteiger partial charge in [0.15, 0.2) is 6.29 Å². The molecule has 144 valence electrons. The van der Waals surface area contributed by atoms with E-state index in [0.29, 0.717) is 18.3 Å². The predicted molar refractivity (Wildman–Crippen MR) is 101 cm³/mol. The molecule has 3 nitrogen and oxygen atoms in total. The van der Waals surface area contributed by atoms with E-state index in [9.17, 15) is 0 Å². The van der Waals surface area contributed by atoms with Crippen LogP contribution in [0.5, 0.6) is 0 Å². The predicted octanol–water partition coefficient (Wildman–Crippen LogP) is 5.95. The largest absolute Gasteiger partial charge is 0.375 e. The zero-order valence-corrected chi connectivity index (χ0v) is 17.1. The summed E-state index contributed by atoms with van der Waals surface area (Å²) in [6.07, 6.45) is 12.3. The molecule has 4 heterocycles. The van der Waals surface area contributed by atoms with Crippen LogP contribution in [0.25, 0.3) is 0 Å². The van der Waals surface area contributed by atoms with Gasteiger partial charge in [0.05, 0.1) is 24.9 Å². The second-order valence-electron chi connectivity index (χ2n) is 8.80. The van der Waals surface area contributed by atoms with E-state index in [-0.39, 0.29) is 6.29 Å². The normalized spacial score (nSPS) is 33.0. The Bertz CT molecular complexity index is 240. The topological polar surface area (TPSA) is 27.7 Å². The molecule has 4 unspecified atom stereocenters. The minimum absolute atomic E-state index is 0.161. The molecule has 4 aliphatic heterocycles. The lowest BCUT2D eigenvalue weighted by Gasteiger charge is -2.18. The third kappa shape index (κ3) is 10.7. The van der Waals surface area contributed by atoms with Crippen molar-refractivity contribution in [3.63, 3.8) is 0 Å². The van der Waals surface area contributed by atoms with Gasteiger partial charge in [0.1, 0.15) is 0 Å². The molecule has 4 aliphatic rings. The van der Waals surface area contributed by atoms with Gasteiger partial charge in [-0.25, -0.2) is 0 Å². The van der Waals surface area contributed by atoms with E-state index in [1.54, 1.807) is 0 Å². The van der Waals surface area contributed by atoms with Gasteiger partial charge in [-0.15, -0.1) is 0 Å². The SMILES string of the molecule is C1CC2CCC(C1)O2.C1CC2COC(C1)O2.CC(C)C.CC(C)C. The molecule has 4 saturated heterocycles. The number of rotatable bonds is 0. The molecule has 4 rings (SSSR count). The summed E-state index contributed by atoms with van der Waals surface area (Å²) >= 11 is 0. The van der Waals surface area contributed by atoms with Crippen LogP contribution in [0, 0.1) is 11.8 Å². The molecule has 3 heteroatoms. The van der Waals surface area contributed by atoms with Crippen molar-refractivity contribution in [2.75, 3.05) is 6.61 Å². The third-order valence-electron chi connectivity index (χ3n) is 4.03. The summed E-state index contributed by atoms with van der Waals surface area (Å²) in [5.74, 6) is 1.67. The molecular formula is C21H42O3. The monoisotopic (exact) mass is 342 g/mol. The molecule has 0 aromatic rings.